The van der Waals surface area contributed by atoms with Gasteiger partial charge in [0.05, 0.1) is 0 Å². The van der Waals surface area contributed by atoms with Crippen molar-refractivity contribution in [2.75, 3.05) is 13.6 Å². The Balaban J connectivity index is 1.79. The first-order valence-electron chi connectivity index (χ1n) is 13.0. The van der Waals surface area contributed by atoms with E-state index in [1.54, 1.807) is 7.05 Å². The number of hydrogen-bond donors (Lipinski definition) is 3. The molecule has 3 amide bonds. The van der Waals surface area contributed by atoms with E-state index in [-0.39, 0.29) is 23.7 Å². The number of fused-ring (bicyclic) bond motifs is 1. The third-order valence-electron chi connectivity index (χ3n) is 7.18. The minimum atomic E-state index is -0.813. The van der Waals surface area contributed by atoms with Crippen molar-refractivity contribution in [3.8, 4) is 0 Å². The number of nitrogens with two attached hydrogens (primary N) is 2. The van der Waals surface area contributed by atoms with Crippen molar-refractivity contribution in [2.45, 2.75) is 64.0 Å². The van der Waals surface area contributed by atoms with Gasteiger partial charge in [-0.05, 0) is 67.7 Å². The molecule has 0 saturated heterocycles. The van der Waals surface area contributed by atoms with E-state index in [0.29, 0.717) is 25.8 Å². The lowest BCUT2D eigenvalue weighted by Crippen LogP contribution is -2.55. The highest BCUT2D eigenvalue weighted by Gasteiger charge is 2.34. The van der Waals surface area contributed by atoms with Gasteiger partial charge >= 0.3 is 0 Å². The van der Waals surface area contributed by atoms with Gasteiger partial charge < -0.3 is 21.7 Å². The first-order valence-corrected chi connectivity index (χ1v) is 13.0. The van der Waals surface area contributed by atoms with Crippen molar-refractivity contribution in [3.63, 3.8) is 0 Å². The van der Waals surface area contributed by atoms with Gasteiger partial charge in [0.1, 0.15) is 12.1 Å². The van der Waals surface area contributed by atoms with Crippen molar-refractivity contribution in [1.29, 1.82) is 0 Å². The van der Waals surface area contributed by atoms with Crippen LogP contribution in [0.1, 0.15) is 51.0 Å². The van der Waals surface area contributed by atoms with Gasteiger partial charge in [0.15, 0.2) is 0 Å². The summed E-state index contributed by atoms with van der Waals surface area (Å²) in [5, 5.41) is 2.99. The highest BCUT2D eigenvalue weighted by atomic mass is 16.2. The summed E-state index contributed by atoms with van der Waals surface area (Å²) in [6.07, 6.45) is 13.8. The average molecular weight is 493 g/mol. The molecule has 1 aromatic carbocycles. The van der Waals surface area contributed by atoms with E-state index >= 15 is 0 Å². The summed E-state index contributed by atoms with van der Waals surface area (Å²) >= 11 is 0. The molecule has 0 radical (unpaired) electrons. The minimum Gasteiger partial charge on any atom is -0.368 e. The zero-order valence-corrected chi connectivity index (χ0v) is 21.5. The molecule has 7 nitrogen and oxygen atoms in total. The van der Waals surface area contributed by atoms with Crippen LogP contribution in [-0.2, 0) is 20.8 Å². The second-order valence-corrected chi connectivity index (χ2v) is 9.98. The fraction of sp³-hybridized carbons (Fsp3) is 0.483. The van der Waals surface area contributed by atoms with E-state index < -0.39 is 18.0 Å². The first kappa shape index (κ1) is 27.4. The van der Waals surface area contributed by atoms with Crippen LogP contribution >= 0.6 is 0 Å². The lowest BCUT2D eigenvalue weighted by Gasteiger charge is -2.32. The van der Waals surface area contributed by atoms with Crippen LogP contribution in [0.2, 0.25) is 0 Å². The molecule has 0 aliphatic heterocycles. The smallest absolute Gasteiger partial charge is 0.245 e. The average Bonchev–Trinajstić information content (AvgIpc) is 2.89. The van der Waals surface area contributed by atoms with Crippen molar-refractivity contribution < 1.29 is 14.4 Å². The molecule has 194 valence electrons. The Bertz CT molecular complexity index is 1010. The van der Waals surface area contributed by atoms with Crippen molar-refractivity contribution in [3.05, 3.63) is 71.3 Å². The molecule has 0 heterocycles. The van der Waals surface area contributed by atoms with Crippen LogP contribution < -0.4 is 16.8 Å². The largest absolute Gasteiger partial charge is 0.368 e. The van der Waals surface area contributed by atoms with Gasteiger partial charge in [0, 0.05) is 19.4 Å². The number of hydrogen-bond acceptors (Lipinski definition) is 4. The predicted molar refractivity (Wildman–Crippen MR) is 143 cm³/mol. The molecular formula is C29H40N4O3. The number of benzene rings is 1. The summed E-state index contributed by atoms with van der Waals surface area (Å²) in [7, 11) is 1.60. The van der Waals surface area contributed by atoms with Crippen LogP contribution in [0, 0.1) is 11.8 Å². The Hall–Kier alpha value is -3.19. The van der Waals surface area contributed by atoms with Crippen molar-refractivity contribution in [2.24, 2.45) is 23.3 Å². The maximum absolute atomic E-state index is 13.7. The van der Waals surface area contributed by atoms with Crippen LogP contribution in [0.3, 0.4) is 0 Å². The molecular weight excluding hydrogens is 452 g/mol. The van der Waals surface area contributed by atoms with E-state index in [2.05, 4.69) is 29.6 Å². The number of allylic oxidation sites excluding steroid dienone is 6. The van der Waals surface area contributed by atoms with E-state index in [1.165, 1.54) is 16.0 Å². The second kappa shape index (κ2) is 13.2. The molecule has 3 rings (SSSR count). The van der Waals surface area contributed by atoms with Crippen molar-refractivity contribution in [1.82, 2.24) is 10.2 Å². The minimum absolute atomic E-state index is 0.106. The highest BCUT2D eigenvalue weighted by molar-refractivity contribution is 5.92. The van der Waals surface area contributed by atoms with E-state index in [9.17, 15) is 14.4 Å². The molecule has 2 unspecified atom stereocenters. The molecule has 0 fully saturated rings. The quantitative estimate of drug-likeness (QED) is 0.416. The normalized spacial score (nSPS) is 19.2. The van der Waals surface area contributed by atoms with Gasteiger partial charge in [-0.3, -0.25) is 14.4 Å². The van der Waals surface area contributed by atoms with Crippen LogP contribution in [0.4, 0.5) is 0 Å². The summed E-state index contributed by atoms with van der Waals surface area (Å²) in [4.78, 5) is 40.5. The van der Waals surface area contributed by atoms with Crippen LogP contribution in [0.15, 0.2) is 65.8 Å². The summed E-state index contributed by atoms with van der Waals surface area (Å²) < 4.78 is 0. The van der Waals surface area contributed by atoms with Crippen molar-refractivity contribution >= 4 is 17.7 Å². The fourth-order valence-electron chi connectivity index (χ4n) is 4.93. The predicted octanol–water partition coefficient (Wildman–Crippen LogP) is 3.01. The second-order valence-electron chi connectivity index (χ2n) is 9.98. The number of nitrogens with one attached hydrogen (secondary N) is 1. The van der Waals surface area contributed by atoms with E-state index in [1.807, 2.05) is 37.3 Å². The number of carbonyl (C=O) groups is 3. The molecule has 2 aliphatic carbocycles. The maximum atomic E-state index is 13.7. The SMILES string of the molecule is C[C@@H](CCCN)C(=O)N[C@H](CC1C=CC2=CCCC=C2C1)C(=O)N(C)C(Cc1ccccc1)C(N)=O. The molecule has 2 aliphatic rings. The molecule has 0 aromatic heterocycles. The summed E-state index contributed by atoms with van der Waals surface area (Å²) in [5.74, 6) is -1.21. The molecule has 7 heteroatoms. The number of carbonyl (C=O) groups excluding carboxylic acids is 3. The zero-order chi connectivity index (χ0) is 26.1. The number of primary amides is 1. The summed E-state index contributed by atoms with van der Waals surface area (Å²) in [5.41, 5.74) is 14.8. The first-order chi connectivity index (χ1) is 17.3. The Morgan fingerprint density at radius 1 is 1.14 bits per heavy atom. The molecule has 0 saturated carbocycles. The topological polar surface area (TPSA) is 119 Å². The maximum Gasteiger partial charge on any atom is 0.245 e. The Morgan fingerprint density at radius 2 is 1.86 bits per heavy atom. The molecule has 0 bridgehead atoms. The number of rotatable bonds is 12. The molecule has 1 aromatic rings. The molecule has 0 spiro atoms. The van der Waals surface area contributed by atoms with Gasteiger partial charge in [-0.25, -0.2) is 0 Å². The number of nitrogens with zero attached hydrogens (tertiary/aromatic N) is 1. The van der Waals surface area contributed by atoms with Gasteiger partial charge in [-0.2, -0.15) is 0 Å². The lowest BCUT2D eigenvalue weighted by molar-refractivity contribution is -0.141. The van der Waals surface area contributed by atoms with Crippen LogP contribution in [0.5, 0.6) is 0 Å². The van der Waals surface area contributed by atoms with E-state index in [4.69, 9.17) is 11.5 Å². The molecule has 5 N–H and O–H groups in total. The highest BCUT2D eigenvalue weighted by Crippen LogP contribution is 2.33. The summed E-state index contributed by atoms with van der Waals surface area (Å²) in [6, 6.07) is 7.91. The third-order valence-corrected chi connectivity index (χ3v) is 7.18. The van der Waals surface area contributed by atoms with Crippen LogP contribution in [0.25, 0.3) is 0 Å². The Labute approximate surface area is 214 Å². The third kappa shape index (κ3) is 7.40. The fourth-order valence-corrected chi connectivity index (χ4v) is 4.93. The molecule has 36 heavy (non-hydrogen) atoms. The van der Waals surface area contributed by atoms with E-state index in [0.717, 1.165) is 31.2 Å². The summed E-state index contributed by atoms with van der Waals surface area (Å²) in [6.45, 7) is 2.36. The standard InChI is InChI=1S/C29H40N4O3/c1-20(9-8-16-30)28(35)32-25(18-22-14-15-23-12-6-7-13-24(23)17-22)29(36)33(2)26(27(31)34)19-21-10-4-3-5-11-21/h3-5,10-15,20,22,25-26H,6-9,16-19,30H2,1-2H3,(H2,31,34)(H,32,35)/t20-,22?,25+,26?/m0/s1. The molecule has 4 atom stereocenters. The Morgan fingerprint density at radius 3 is 2.56 bits per heavy atom. The Kier molecular flexibility index (Phi) is 10.1. The van der Waals surface area contributed by atoms with Gasteiger partial charge in [0.2, 0.25) is 17.7 Å². The van der Waals surface area contributed by atoms with Gasteiger partial charge in [0.25, 0.3) is 0 Å². The van der Waals surface area contributed by atoms with Gasteiger partial charge in [-0.1, -0.05) is 61.6 Å². The number of amides is 3. The lowest BCUT2D eigenvalue weighted by atomic mass is 9.81. The monoisotopic (exact) mass is 492 g/mol. The zero-order valence-electron chi connectivity index (χ0n) is 21.5. The van der Waals surface area contributed by atoms with Crippen LogP contribution in [-0.4, -0.2) is 48.3 Å². The number of likely N-dealkylation sites (N-methyl/N-ethyl adjacent to an activating group) is 1. The van der Waals surface area contributed by atoms with Gasteiger partial charge in [-0.15, -0.1) is 0 Å².